The molecule has 0 bridgehead atoms. The van der Waals surface area contributed by atoms with E-state index in [4.69, 9.17) is 4.74 Å². The first-order valence-electron chi connectivity index (χ1n) is 6.03. The summed E-state index contributed by atoms with van der Waals surface area (Å²) < 4.78 is 20.5. The van der Waals surface area contributed by atoms with E-state index in [1.165, 1.54) is 10.7 Å². The van der Waals surface area contributed by atoms with Gasteiger partial charge in [-0.1, -0.05) is 5.21 Å². The molecule has 0 amide bonds. The molecule has 19 heavy (non-hydrogen) atoms. The van der Waals surface area contributed by atoms with Gasteiger partial charge in [0.25, 0.3) is 0 Å². The fraction of sp³-hybridized carbons (Fsp3) is 0.417. The van der Waals surface area contributed by atoms with Crippen molar-refractivity contribution < 1.29 is 19.0 Å². The van der Waals surface area contributed by atoms with E-state index in [1.54, 1.807) is 0 Å². The van der Waals surface area contributed by atoms with Crippen LogP contribution in [0.2, 0.25) is 0 Å². The van der Waals surface area contributed by atoms with Crippen LogP contribution in [0.1, 0.15) is 29.2 Å². The zero-order valence-corrected chi connectivity index (χ0v) is 10.0. The van der Waals surface area contributed by atoms with Gasteiger partial charge in [-0.25, -0.2) is 13.9 Å². The van der Waals surface area contributed by atoms with Crippen molar-refractivity contribution in [3.8, 4) is 0 Å². The Morgan fingerprint density at radius 3 is 2.84 bits per heavy atom. The van der Waals surface area contributed by atoms with E-state index in [1.807, 2.05) is 0 Å². The number of rotatable bonds is 2. The SMILES string of the molecule is O=C(O)c1c(F)ccc2nnn(C3CCOCC3)c12. The van der Waals surface area contributed by atoms with E-state index in [0.717, 1.165) is 6.07 Å². The number of nitrogens with zero attached hydrogens (tertiary/aromatic N) is 3. The molecule has 1 N–H and O–H groups in total. The summed E-state index contributed by atoms with van der Waals surface area (Å²) in [4.78, 5) is 11.2. The molecular formula is C12H12FN3O3. The third kappa shape index (κ3) is 1.95. The normalized spacial score (nSPS) is 16.9. The molecule has 1 aliphatic heterocycles. The smallest absolute Gasteiger partial charge is 0.340 e. The third-order valence-electron chi connectivity index (χ3n) is 3.33. The van der Waals surface area contributed by atoms with Crippen molar-refractivity contribution in [2.24, 2.45) is 0 Å². The van der Waals surface area contributed by atoms with Crippen LogP contribution < -0.4 is 0 Å². The highest BCUT2D eigenvalue weighted by Crippen LogP contribution is 2.27. The van der Waals surface area contributed by atoms with Gasteiger partial charge in [0.05, 0.1) is 6.04 Å². The topological polar surface area (TPSA) is 77.2 Å². The maximum Gasteiger partial charge on any atom is 0.340 e. The molecule has 0 aliphatic carbocycles. The second-order valence-corrected chi connectivity index (χ2v) is 4.47. The van der Waals surface area contributed by atoms with Crippen molar-refractivity contribution in [2.75, 3.05) is 13.2 Å². The van der Waals surface area contributed by atoms with E-state index in [0.29, 0.717) is 31.6 Å². The Hall–Kier alpha value is -2.02. The third-order valence-corrected chi connectivity index (χ3v) is 3.33. The monoisotopic (exact) mass is 265 g/mol. The lowest BCUT2D eigenvalue weighted by Crippen LogP contribution is -2.21. The molecule has 1 fully saturated rings. The number of halogens is 1. The van der Waals surface area contributed by atoms with Crippen molar-refractivity contribution in [3.05, 3.63) is 23.5 Å². The van der Waals surface area contributed by atoms with Crippen LogP contribution >= 0.6 is 0 Å². The van der Waals surface area contributed by atoms with Crippen molar-refractivity contribution >= 4 is 17.0 Å². The number of hydrogen-bond acceptors (Lipinski definition) is 4. The van der Waals surface area contributed by atoms with Gasteiger partial charge in [0, 0.05) is 13.2 Å². The second-order valence-electron chi connectivity index (χ2n) is 4.47. The van der Waals surface area contributed by atoms with Crippen LogP contribution in [-0.4, -0.2) is 39.3 Å². The number of benzene rings is 1. The van der Waals surface area contributed by atoms with E-state index < -0.39 is 11.8 Å². The first-order chi connectivity index (χ1) is 9.18. The quantitative estimate of drug-likeness (QED) is 0.892. The van der Waals surface area contributed by atoms with Crippen LogP contribution in [0, 0.1) is 5.82 Å². The summed E-state index contributed by atoms with van der Waals surface area (Å²) in [6, 6.07) is 2.55. The largest absolute Gasteiger partial charge is 0.478 e. The number of fused-ring (bicyclic) bond motifs is 1. The Morgan fingerprint density at radius 1 is 1.42 bits per heavy atom. The van der Waals surface area contributed by atoms with Crippen LogP contribution in [0.3, 0.4) is 0 Å². The summed E-state index contributed by atoms with van der Waals surface area (Å²) in [6.07, 6.45) is 1.43. The van der Waals surface area contributed by atoms with Gasteiger partial charge in [0.1, 0.15) is 22.4 Å². The van der Waals surface area contributed by atoms with Gasteiger partial charge in [0.2, 0.25) is 0 Å². The lowest BCUT2D eigenvalue weighted by atomic mass is 10.1. The summed E-state index contributed by atoms with van der Waals surface area (Å²) in [5.74, 6) is -2.07. The Bertz CT molecular complexity index is 634. The molecule has 2 aromatic rings. The number of carboxylic acid groups (broad SMARTS) is 1. The zero-order valence-electron chi connectivity index (χ0n) is 10.0. The predicted octanol–water partition coefficient (Wildman–Crippen LogP) is 1.62. The molecule has 0 atom stereocenters. The van der Waals surface area contributed by atoms with Crippen LogP contribution in [0.5, 0.6) is 0 Å². The number of carbonyl (C=O) groups is 1. The summed E-state index contributed by atoms with van der Waals surface area (Å²) in [5, 5.41) is 17.1. The fourth-order valence-corrected chi connectivity index (χ4v) is 2.40. The highest BCUT2D eigenvalue weighted by Gasteiger charge is 2.24. The lowest BCUT2D eigenvalue weighted by Gasteiger charge is -2.22. The van der Waals surface area contributed by atoms with Gasteiger partial charge < -0.3 is 9.84 Å². The lowest BCUT2D eigenvalue weighted by molar-refractivity contribution is 0.0662. The molecule has 0 unspecified atom stereocenters. The van der Waals surface area contributed by atoms with Gasteiger partial charge >= 0.3 is 5.97 Å². The van der Waals surface area contributed by atoms with E-state index in [9.17, 15) is 14.3 Å². The fourth-order valence-electron chi connectivity index (χ4n) is 2.40. The molecule has 0 radical (unpaired) electrons. The van der Waals surface area contributed by atoms with Gasteiger partial charge in [0.15, 0.2) is 0 Å². The van der Waals surface area contributed by atoms with Crippen LogP contribution in [0.4, 0.5) is 4.39 Å². The summed E-state index contributed by atoms with van der Waals surface area (Å²) in [7, 11) is 0. The van der Waals surface area contributed by atoms with Crippen LogP contribution in [-0.2, 0) is 4.74 Å². The van der Waals surface area contributed by atoms with E-state index in [-0.39, 0.29) is 17.1 Å². The number of hydrogen-bond donors (Lipinski definition) is 1. The maximum absolute atomic E-state index is 13.7. The standard InChI is InChI=1S/C12H12FN3O3/c13-8-1-2-9-11(10(8)12(17)18)16(15-14-9)7-3-5-19-6-4-7/h1-2,7H,3-6H2,(H,17,18). The van der Waals surface area contributed by atoms with Gasteiger partial charge in [-0.3, -0.25) is 0 Å². The summed E-state index contributed by atoms with van der Waals surface area (Å²) in [5.41, 5.74) is 0.277. The average Bonchev–Trinajstić information content (AvgIpc) is 2.82. The molecule has 1 aromatic carbocycles. The zero-order chi connectivity index (χ0) is 13.4. The van der Waals surface area contributed by atoms with Crippen LogP contribution in [0.15, 0.2) is 12.1 Å². The van der Waals surface area contributed by atoms with Gasteiger partial charge in [-0.2, -0.15) is 0 Å². The minimum atomic E-state index is -1.31. The summed E-state index contributed by atoms with van der Waals surface area (Å²) >= 11 is 0. The van der Waals surface area contributed by atoms with Crippen molar-refractivity contribution in [1.82, 2.24) is 15.0 Å². The molecule has 7 heteroatoms. The molecule has 1 saturated heterocycles. The molecule has 1 aromatic heterocycles. The minimum Gasteiger partial charge on any atom is -0.478 e. The Kier molecular flexibility index (Phi) is 2.90. The molecule has 3 rings (SSSR count). The Labute approximate surface area is 107 Å². The summed E-state index contributed by atoms with van der Waals surface area (Å²) in [6.45, 7) is 1.17. The molecular weight excluding hydrogens is 253 g/mol. The molecule has 0 saturated carbocycles. The number of ether oxygens (including phenoxy) is 1. The molecule has 1 aliphatic rings. The molecule has 6 nitrogen and oxygen atoms in total. The molecule has 0 spiro atoms. The first kappa shape index (κ1) is 12.0. The highest BCUT2D eigenvalue weighted by atomic mass is 19.1. The number of aromatic carboxylic acids is 1. The Morgan fingerprint density at radius 2 is 2.16 bits per heavy atom. The van der Waals surface area contributed by atoms with Crippen molar-refractivity contribution in [1.29, 1.82) is 0 Å². The van der Waals surface area contributed by atoms with Crippen molar-refractivity contribution in [3.63, 3.8) is 0 Å². The molecule has 2 heterocycles. The number of aromatic nitrogens is 3. The van der Waals surface area contributed by atoms with Crippen LogP contribution in [0.25, 0.3) is 11.0 Å². The minimum absolute atomic E-state index is 0.00125. The maximum atomic E-state index is 13.7. The van der Waals surface area contributed by atoms with Gasteiger partial charge in [-0.05, 0) is 25.0 Å². The van der Waals surface area contributed by atoms with Gasteiger partial charge in [-0.15, -0.1) is 5.10 Å². The highest BCUT2D eigenvalue weighted by molar-refractivity contribution is 6.01. The van der Waals surface area contributed by atoms with E-state index in [2.05, 4.69) is 10.3 Å². The molecule has 100 valence electrons. The predicted molar refractivity (Wildman–Crippen MR) is 63.5 cm³/mol. The van der Waals surface area contributed by atoms with E-state index >= 15 is 0 Å². The Balaban J connectivity index is 2.19. The van der Waals surface area contributed by atoms with Crippen molar-refractivity contribution in [2.45, 2.75) is 18.9 Å². The second kappa shape index (κ2) is 4.58. The average molecular weight is 265 g/mol. The first-order valence-corrected chi connectivity index (χ1v) is 6.03. The number of carboxylic acids is 1.